The van der Waals surface area contributed by atoms with Crippen LogP contribution in [0, 0.1) is 0 Å². The van der Waals surface area contributed by atoms with Crippen molar-refractivity contribution in [3.8, 4) is 5.75 Å². The number of likely N-dealkylation sites (tertiary alicyclic amines) is 1. The van der Waals surface area contributed by atoms with Gasteiger partial charge in [0.05, 0.1) is 10.0 Å². The molecule has 0 saturated carbocycles. The first-order valence-electron chi connectivity index (χ1n) is 11.9. The largest absolute Gasteiger partial charge is 0.476 e. The number of carbonyl (C=O) groups excluding carboxylic acids is 2. The Morgan fingerprint density at radius 3 is 2.50 bits per heavy atom. The zero-order valence-corrected chi connectivity index (χ0v) is 22.3. The Morgan fingerprint density at radius 2 is 1.81 bits per heavy atom. The Balaban J connectivity index is 1.35. The molecule has 0 spiro atoms. The monoisotopic (exact) mass is 523 g/mol. The maximum atomic E-state index is 13.2. The topological polar surface area (TPSA) is 71.5 Å². The highest BCUT2D eigenvalue weighted by Crippen LogP contribution is 2.33. The number of amides is 2. The number of nitrogens with one attached hydrogen (secondary N) is 1. The number of piperidine rings is 1. The van der Waals surface area contributed by atoms with Crippen molar-refractivity contribution in [2.45, 2.75) is 45.1 Å². The number of nitrogens with zero attached hydrogens (tertiary/aromatic N) is 2. The van der Waals surface area contributed by atoms with Gasteiger partial charge in [0.2, 0.25) is 0 Å². The van der Waals surface area contributed by atoms with E-state index in [2.05, 4.69) is 16.9 Å². The maximum absolute atomic E-state index is 13.2. The Morgan fingerprint density at radius 1 is 1.14 bits per heavy atom. The fourth-order valence-electron chi connectivity index (χ4n) is 4.29. The first-order valence-corrected chi connectivity index (χ1v) is 13.2. The number of allylic oxidation sites excluding steroid dienone is 1. The van der Waals surface area contributed by atoms with Crippen LogP contribution in [-0.2, 0) is 4.79 Å². The van der Waals surface area contributed by atoms with Crippen molar-refractivity contribution in [3.05, 3.63) is 81.8 Å². The van der Waals surface area contributed by atoms with E-state index in [9.17, 15) is 9.59 Å². The first-order chi connectivity index (χ1) is 17.2. The lowest BCUT2D eigenvalue weighted by Gasteiger charge is -2.36. The molecule has 188 valence electrons. The second-order valence-electron chi connectivity index (χ2n) is 9.46. The van der Waals surface area contributed by atoms with Crippen molar-refractivity contribution in [3.63, 3.8) is 0 Å². The molecule has 36 heavy (non-hydrogen) atoms. The van der Waals surface area contributed by atoms with Crippen molar-refractivity contribution in [2.75, 3.05) is 18.4 Å². The molecule has 0 radical (unpaired) electrons. The number of hydrogen-bond acceptors (Lipinski definition) is 5. The van der Waals surface area contributed by atoms with Crippen LogP contribution in [0.25, 0.3) is 5.57 Å². The van der Waals surface area contributed by atoms with Gasteiger partial charge in [0.1, 0.15) is 11.4 Å². The number of aromatic nitrogens is 1. The van der Waals surface area contributed by atoms with Crippen LogP contribution in [0.15, 0.2) is 60.5 Å². The van der Waals surface area contributed by atoms with Gasteiger partial charge in [-0.1, -0.05) is 48.5 Å². The number of rotatable bonds is 7. The summed E-state index contributed by atoms with van der Waals surface area (Å²) in [5, 5.41) is 6.15. The molecule has 2 aromatic carbocycles. The quantitative estimate of drug-likeness (QED) is 0.376. The van der Waals surface area contributed by atoms with Crippen LogP contribution in [0.2, 0.25) is 5.02 Å². The summed E-state index contributed by atoms with van der Waals surface area (Å²) in [6.07, 6.45) is 1.56. The van der Waals surface area contributed by atoms with Gasteiger partial charge in [-0.15, -0.1) is 11.3 Å². The summed E-state index contributed by atoms with van der Waals surface area (Å²) < 4.78 is 5.98. The van der Waals surface area contributed by atoms with Crippen LogP contribution in [-0.4, -0.2) is 40.4 Å². The maximum Gasteiger partial charge on any atom is 0.275 e. The number of hydrogen-bond donors (Lipinski definition) is 1. The summed E-state index contributed by atoms with van der Waals surface area (Å²) in [4.78, 5) is 32.5. The van der Waals surface area contributed by atoms with Crippen molar-refractivity contribution >= 4 is 46.0 Å². The highest BCUT2D eigenvalue weighted by atomic mass is 35.5. The number of halogens is 1. The standard InChI is InChI=1S/C28H30ClN3O3S/c1-18(2)20-9-5-7-11-22(20)30-25(33)23-17-36-26(31-23)19-13-15-32(16-14-19)27(34)28(3,4)35-24-12-8-6-10-21(24)29/h5-12,17,19H,1,13-16H2,2-4H3,(H,30,33). The van der Waals surface area contributed by atoms with Crippen LogP contribution in [0.3, 0.4) is 0 Å². The van der Waals surface area contributed by atoms with Crippen molar-refractivity contribution < 1.29 is 14.3 Å². The SMILES string of the molecule is C=C(C)c1ccccc1NC(=O)c1csc(C2CCN(C(=O)C(C)(C)Oc3ccccc3Cl)CC2)n1. The number of benzene rings is 2. The molecule has 6 nitrogen and oxygen atoms in total. The number of thiazole rings is 1. The van der Waals surface area contributed by atoms with Gasteiger partial charge < -0.3 is 15.0 Å². The van der Waals surface area contributed by atoms with Crippen molar-refractivity contribution in [2.24, 2.45) is 0 Å². The lowest BCUT2D eigenvalue weighted by molar-refractivity contribution is -0.146. The third-order valence-electron chi connectivity index (χ3n) is 6.24. The molecular weight excluding hydrogens is 494 g/mol. The molecule has 1 saturated heterocycles. The highest BCUT2D eigenvalue weighted by Gasteiger charge is 2.37. The zero-order valence-electron chi connectivity index (χ0n) is 20.7. The molecule has 0 bridgehead atoms. The van der Waals surface area contributed by atoms with Crippen LogP contribution in [0.5, 0.6) is 5.75 Å². The minimum Gasteiger partial charge on any atom is -0.476 e. The average Bonchev–Trinajstić information content (AvgIpc) is 3.36. The molecule has 1 aliphatic heterocycles. The molecule has 0 aliphatic carbocycles. The number of ether oxygens (including phenoxy) is 1. The number of para-hydroxylation sites is 2. The van der Waals surface area contributed by atoms with Gasteiger partial charge in [0.15, 0.2) is 5.60 Å². The van der Waals surface area contributed by atoms with E-state index in [-0.39, 0.29) is 17.7 Å². The molecule has 0 unspecified atom stereocenters. The summed E-state index contributed by atoms with van der Waals surface area (Å²) in [5.41, 5.74) is 1.87. The summed E-state index contributed by atoms with van der Waals surface area (Å²) in [6, 6.07) is 14.7. The molecule has 8 heteroatoms. The summed E-state index contributed by atoms with van der Waals surface area (Å²) >= 11 is 7.70. The number of anilines is 1. The predicted octanol–water partition coefficient (Wildman–Crippen LogP) is 6.65. The summed E-state index contributed by atoms with van der Waals surface area (Å²) in [6.45, 7) is 10.6. The van der Waals surface area contributed by atoms with E-state index in [1.165, 1.54) is 11.3 Å². The molecule has 1 aliphatic rings. The van der Waals surface area contributed by atoms with Gasteiger partial charge in [0, 0.05) is 35.6 Å². The van der Waals surface area contributed by atoms with Crippen LogP contribution in [0.4, 0.5) is 5.69 Å². The van der Waals surface area contributed by atoms with E-state index in [1.807, 2.05) is 48.2 Å². The molecule has 1 fully saturated rings. The van der Waals surface area contributed by atoms with E-state index >= 15 is 0 Å². The molecule has 3 aromatic rings. The molecule has 1 N–H and O–H groups in total. The normalized spacial score (nSPS) is 14.4. The smallest absolute Gasteiger partial charge is 0.275 e. The minimum atomic E-state index is -1.04. The molecule has 4 rings (SSSR count). The molecule has 2 amide bonds. The third kappa shape index (κ3) is 5.79. The Hall–Kier alpha value is -3.16. The Labute approximate surface area is 221 Å². The van der Waals surface area contributed by atoms with E-state index in [1.54, 1.807) is 31.4 Å². The lowest BCUT2D eigenvalue weighted by Crippen LogP contribution is -2.51. The summed E-state index contributed by atoms with van der Waals surface area (Å²) in [7, 11) is 0. The van der Waals surface area contributed by atoms with Crippen LogP contribution < -0.4 is 10.1 Å². The Bertz CT molecular complexity index is 1280. The van der Waals surface area contributed by atoms with Crippen LogP contribution >= 0.6 is 22.9 Å². The van der Waals surface area contributed by atoms with Gasteiger partial charge in [0.25, 0.3) is 11.8 Å². The fraction of sp³-hybridized carbons (Fsp3) is 0.321. The average molecular weight is 524 g/mol. The van der Waals surface area contributed by atoms with E-state index in [0.29, 0.717) is 29.6 Å². The van der Waals surface area contributed by atoms with Crippen molar-refractivity contribution in [1.29, 1.82) is 0 Å². The molecule has 0 atom stereocenters. The van der Waals surface area contributed by atoms with Crippen molar-refractivity contribution in [1.82, 2.24) is 9.88 Å². The van der Waals surface area contributed by atoms with E-state index < -0.39 is 5.60 Å². The molecule has 2 heterocycles. The molecular formula is C28H30ClN3O3S. The number of carbonyl (C=O) groups is 2. The zero-order chi connectivity index (χ0) is 25.9. The van der Waals surface area contributed by atoms with E-state index in [0.717, 1.165) is 34.7 Å². The third-order valence-corrected chi connectivity index (χ3v) is 7.56. The van der Waals surface area contributed by atoms with E-state index in [4.69, 9.17) is 16.3 Å². The second kappa shape index (κ2) is 10.8. The fourth-order valence-corrected chi connectivity index (χ4v) is 5.43. The Kier molecular flexibility index (Phi) is 7.81. The minimum absolute atomic E-state index is 0.0729. The predicted molar refractivity (Wildman–Crippen MR) is 146 cm³/mol. The van der Waals surface area contributed by atoms with Gasteiger partial charge in [-0.05, 0) is 57.4 Å². The molecule has 1 aromatic heterocycles. The lowest BCUT2D eigenvalue weighted by atomic mass is 9.96. The van der Waals surface area contributed by atoms with Crippen LogP contribution in [0.1, 0.15) is 60.6 Å². The second-order valence-corrected chi connectivity index (χ2v) is 10.8. The van der Waals surface area contributed by atoms with Gasteiger partial charge in [-0.3, -0.25) is 9.59 Å². The van der Waals surface area contributed by atoms with Gasteiger partial charge in [-0.25, -0.2) is 4.98 Å². The van der Waals surface area contributed by atoms with Gasteiger partial charge >= 0.3 is 0 Å². The summed E-state index contributed by atoms with van der Waals surface area (Å²) in [5.74, 6) is 0.385. The van der Waals surface area contributed by atoms with Gasteiger partial charge in [-0.2, -0.15) is 0 Å². The highest BCUT2D eigenvalue weighted by molar-refractivity contribution is 7.10. The first kappa shape index (κ1) is 25.9.